The van der Waals surface area contributed by atoms with Crippen molar-refractivity contribution in [3.63, 3.8) is 0 Å². The summed E-state index contributed by atoms with van der Waals surface area (Å²) in [5, 5.41) is 53.8. The smallest absolute Gasteiger partial charge is 0.450 e. The number of carboxylic acid groups (broad SMARTS) is 1. The number of H-pyrrole nitrogens is 1. The SMILES string of the molecule is N#CCC(C1CCCC1)n1cc(-c2nc(OC3OC(OC(=O)O)C(O)C(O)C3O)nc3[nH]ccc23)cn1. The zero-order valence-electron chi connectivity index (χ0n) is 19.5. The maximum absolute atomic E-state index is 10.9. The van der Waals surface area contributed by atoms with Crippen LogP contribution in [0.4, 0.5) is 4.79 Å². The van der Waals surface area contributed by atoms with Crippen LogP contribution < -0.4 is 4.74 Å². The number of nitrogens with one attached hydrogen (secondary N) is 1. The van der Waals surface area contributed by atoms with Crippen molar-refractivity contribution in [1.29, 1.82) is 5.26 Å². The number of fused-ring (bicyclic) bond motifs is 1. The van der Waals surface area contributed by atoms with E-state index in [4.69, 9.17) is 14.6 Å². The number of rotatable bonds is 7. The van der Waals surface area contributed by atoms with Gasteiger partial charge in [0.05, 0.1) is 30.4 Å². The molecule has 3 aromatic heterocycles. The summed E-state index contributed by atoms with van der Waals surface area (Å²) in [4.78, 5) is 22.6. The van der Waals surface area contributed by atoms with E-state index in [9.17, 15) is 25.4 Å². The Morgan fingerprint density at radius 3 is 2.70 bits per heavy atom. The van der Waals surface area contributed by atoms with Crippen molar-refractivity contribution in [1.82, 2.24) is 24.7 Å². The largest absolute Gasteiger partial charge is 0.508 e. The van der Waals surface area contributed by atoms with Crippen molar-refractivity contribution in [3.8, 4) is 23.3 Å². The summed E-state index contributed by atoms with van der Waals surface area (Å²) >= 11 is 0. The second-order valence-electron chi connectivity index (χ2n) is 9.12. The Hall–Kier alpha value is -3.77. The van der Waals surface area contributed by atoms with Gasteiger partial charge in [0.2, 0.25) is 12.6 Å². The molecule has 14 nitrogen and oxygen atoms in total. The molecule has 1 saturated carbocycles. The molecule has 0 radical (unpaired) electrons. The monoisotopic (exact) mass is 514 g/mol. The molecule has 5 rings (SSSR count). The maximum Gasteiger partial charge on any atom is 0.508 e. The molecular formula is C23H26N6O8. The van der Waals surface area contributed by atoms with E-state index in [1.807, 2.05) is 6.20 Å². The van der Waals surface area contributed by atoms with Gasteiger partial charge in [-0.15, -0.1) is 0 Å². The molecule has 14 heteroatoms. The summed E-state index contributed by atoms with van der Waals surface area (Å²) in [5.74, 6) is 0.372. The molecule has 37 heavy (non-hydrogen) atoms. The molecule has 6 unspecified atom stereocenters. The number of aromatic amines is 1. The lowest BCUT2D eigenvalue weighted by Crippen LogP contribution is -2.60. The molecule has 2 fully saturated rings. The van der Waals surface area contributed by atoms with E-state index in [-0.39, 0.29) is 12.1 Å². The normalized spacial score (nSPS) is 27.1. The predicted molar refractivity (Wildman–Crippen MR) is 123 cm³/mol. The van der Waals surface area contributed by atoms with Gasteiger partial charge in [-0.25, -0.2) is 4.79 Å². The highest BCUT2D eigenvalue weighted by Crippen LogP contribution is 2.37. The number of hydrogen-bond donors (Lipinski definition) is 5. The minimum Gasteiger partial charge on any atom is -0.450 e. The molecule has 0 aromatic carbocycles. The molecule has 2 aliphatic rings. The highest BCUT2D eigenvalue weighted by atomic mass is 16.8. The van der Waals surface area contributed by atoms with Crippen molar-refractivity contribution in [2.24, 2.45) is 5.92 Å². The van der Waals surface area contributed by atoms with Crippen molar-refractivity contribution in [2.75, 3.05) is 0 Å². The van der Waals surface area contributed by atoms with Gasteiger partial charge in [0, 0.05) is 23.3 Å². The van der Waals surface area contributed by atoms with E-state index >= 15 is 0 Å². The van der Waals surface area contributed by atoms with Gasteiger partial charge in [-0.3, -0.25) is 9.42 Å². The summed E-state index contributed by atoms with van der Waals surface area (Å²) in [6, 6.07) is 3.74. The zero-order valence-corrected chi connectivity index (χ0v) is 19.5. The van der Waals surface area contributed by atoms with Gasteiger partial charge >= 0.3 is 12.2 Å². The van der Waals surface area contributed by atoms with Gasteiger partial charge in [0.25, 0.3) is 0 Å². The average Bonchev–Trinajstić information content (AvgIpc) is 3.65. The van der Waals surface area contributed by atoms with Crippen LogP contribution in [-0.4, -0.2) is 82.2 Å². The Morgan fingerprint density at radius 2 is 1.97 bits per heavy atom. The molecule has 1 aliphatic heterocycles. The Morgan fingerprint density at radius 1 is 1.22 bits per heavy atom. The number of aliphatic hydroxyl groups is 3. The third-order valence-electron chi connectivity index (χ3n) is 6.82. The Kier molecular flexibility index (Phi) is 6.94. The molecule has 196 valence electrons. The lowest BCUT2D eigenvalue weighted by molar-refractivity contribution is -0.322. The zero-order chi connectivity index (χ0) is 26.1. The van der Waals surface area contributed by atoms with E-state index in [0.29, 0.717) is 34.6 Å². The molecule has 4 heterocycles. The fourth-order valence-electron chi connectivity index (χ4n) is 4.96. The number of nitrogens with zero attached hydrogens (tertiary/aromatic N) is 5. The molecule has 0 spiro atoms. The van der Waals surface area contributed by atoms with Crippen LogP contribution in [0, 0.1) is 17.2 Å². The average molecular weight is 514 g/mol. The van der Waals surface area contributed by atoms with Crippen molar-refractivity contribution >= 4 is 17.2 Å². The summed E-state index contributed by atoms with van der Waals surface area (Å²) in [5.41, 5.74) is 1.51. The number of nitriles is 1. The van der Waals surface area contributed by atoms with Gasteiger partial charge in [-0.2, -0.15) is 20.3 Å². The third-order valence-corrected chi connectivity index (χ3v) is 6.82. The van der Waals surface area contributed by atoms with E-state index < -0.39 is 37.0 Å². The first kappa shape index (κ1) is 24.9. The second kappa shape index (κ2) is 10.3. The van der Waals surface area contributed by atoms with Gasteiger partial charge in [0.15, 0.2) is 0 Å². The number of aromatic nitrogens is 5. The van der Waals surface area contributed by atoms with Gasteiger partial charge in [-0.1, -0.05) is 12.8 Å². The highest BCUT2D eigenvalue weighted by Gasteiger charge is 2.47. The molecule has 5 N–H and O–H groups in total. The molecule has 6 atom stereocenters. The van der Waals surface area contributed by atoms with Crippen LogP contribution in [0.15, 0.2) is 24.7 Å². The minimum atomic E-state index is -1.83. The molecule has 1 aliphatic carbocycles. The van der Waals surface area contributed by atoms with E-state index in [0.717, 1.165) is 25.7 Å². The topological polar surface area (TPSA) is 209 Å². The summed E-state index contributed by atoms with van der Waals surface area (Å²) in [6.45, 7) is 0. The van der Waals surface area contributed by atoms with Gasteiger partial charge < -0.3 is 34.9 Å². The molecule has 0 bridgehead atoms. The Bertz CT molecular complexity index is 1300. The maximum atomic E-state index is 10.9. The number of carbonyl (C=O) groups is 1. The van der Waals surface area contributed by atoms with Crippen LogP contribution in [0.3, 0.4) is 0 Å². The Balaban J connectivity index is 1.44. The summed E-state index contributed by atoms with van der Waals surface area (Å²) in [7, 11) is 0. The molecule has 1 saturated heterocycles. The summed E-state index contributed by atoms with van der Waals surface area (Å²) < 4.78 is 17.1. The van der Waals surface area contributed by atoms with Crippen molar-refractivity contribution in [2.45, 2.75) is 69.0 Å². The van der Waals surface area contributed by atoms with Gasteiger partial charge in [0.1, 0.15) is 24.0 Å². The lowest BCUT2D eigenvalue weighted by Gasteiger charge is -2.38. The highest BCUT2D eigenvalue weighted by molar-refractivity contribution is 5.90. The van der Waals surface area contributed by atoms with Crippen LogP contribution >= 0.6 is 0 Å². The fraction of sp³-hybridized carbons (Fsp3) is 0.522. The minimum absolute atomic E-state index is 0.0506. The second-order valence-corrected chi connectivity index (χ2v) is 9.12. The standard InChI is InChI=1S/C23H26N6O8/c24-7-5-14(11-3-1-2-4-11)29-10-12(9-26-29)15-13-6-8-25-19(13)28-22(27-15)36-20-17(31)16(30)18(32)21(35-20)37-23(33)34/h6,8-11,14,16-18,20-21,30-32H,1-5H2,(H,33,34)(H,25,27,28). The van der Waals surface area contributed by atoms with Crippen LogP contribution in [-0.2, 0) is 9.47 Å². The quantitative estimate of drug-likeness (QED) is 0.283. The van der Waals surface area contributed by atoms with Crippen LogP contribution in [0.5, 0.6) is 6.01 Å². The van der Waals surface area contributed by atoms with Crippen molar-refractivity contribution < 1.29 is 39.4 Å². The van der Waals surface area contributed by atoms with Crippen LogP contribution in [0.2, 0.25) is 0 Å². The first-order valence-electron chi connectivity index (χ1n) is 11.9. The number of hydrogen-bond acceptors (Lipinski definition) is 11. The molecule has 3 aromatic rings. The fourth-order valence-corrected chi connectivity index (χ4v) is 4.96. The van der Waals surface area contributed by atoms with Crippen LogP contribution in [0.1, 0.15) is 38.1 Å². The third kappa shape index (κ3) is 4.94. The molecule has 0 amide bonds. The van der Waals surface area contributed by atoms with Gasteiger partial charge in [-0.05, 0) is 24.8 Å². The summed E-state index contributed by atoms with van der Waals surface area (Å²) in [6.07, 6.45) is -0.771. The van der Waals surface area contributed by atoms with Crippen molar-refractivity contribution in [3.05, 3.63) is 24.7 Å². The number of ether oxygens (including phenoxy) is 3. The predicted octanol–water partition coefficient (Wildman–Crippen LogP) is 1.30. The molecular weight excluding hydrogens is 488 g/mol. The Labute approximate surface area is 210 Å². The van der Waals surface area contributed by atoms with E-state index in [2.05, 4.69) is 30.9 Å². The lowest BCUT2D eigenvalue weighted by atomic mass is 9.96. The van der Waals surface area contributed by atoms with E-state index in [1.54, 1.807) is 23.1 Å². The van der Waals surface area contributed by atoms with Crippen LogP contribution in [0.25, 0.3) is 22.3 Å². The first-order chi connectivity index (χ1) is 17.9. The first-order valence-corrected chi connectivity index (χ1v) is 11.9. The number of aliphatic hydroxyl groups excluding tert-OH is 3. The van der Waals surface area contributed by atoms with E-state index in [1.165, 1.54) is 0 Å².